The molecule has 21 heavy (non-hydrogen) atoms. The average Bonchev–Trinajstić information content (AvgIpc) is 2.24. The Balaban J connectivity index is 3.47. The van der Waals surface area contributed by atoms with Crippen molar-refractivity contribution in [3.05, 3.63) is 39.6 Å². The summed E-state index contributed by atoms with van der Waals surface area (Å²) in [5.74, 6) is 0. The van der Waals surface area contributed by atoms with Gasteiger partial charge in [-0.25, -0.2) is 0 Å². The van der Waals surface area contributed by atoms with Crippen LogP contribution in [0.15, 0.2) is 34.1 Å². The van der Waals surface area contributed by atoms with E-state index in [0.29, 0.717) is 7.94 Å². The predicted octanol–water partition coefficient (Wildman–Crippen LogP) is 6.58. The van der Waals surface area contributed by atoms with Crippen LogP contribution in [0.4, 0.5) is 0 Å². The van der Waals surface area contributed by atoms with Crippen LogP contribution < -0.4 is 0 Å². The third kappa shape index (κ3) is 5.50. The molecular weight excluding hydrogens is 326 g/mol. The van der Waals surface area contributed by atoms with E-state index in [9.17, 15) is 0 Å². The molecule has 0 N–H and O–H groups in total. The van der Waals surface area contributed by atoms with Crippen molar-refractivity contribution in [2.75, 3.05) is 0 Å². The molecule has 0 fully saturated rings. The summed E-state index contributed by atoms with van der Waals surface area (Å²) >= 11 is -1.69. The Labute approximate surface area is 139 Å². The molecule has 0 aliphatic carbocycles. The molecule has 0 bridgehead atoms. The molecule has 0 saturated carbocycles. The topological polar surface area (TPSA) is 0 Å². The van der Waals surface area contributed by atoms with Crippen LogP contribution in [0, 0.1) is 0 Å². The van der Waals surface area contributed by atoms with Gasteiger partial charge in [-0.15, -0.1) is 0 Å². The molecule has 0 spiro atoms. The summed E-state index contributed by atoms with van der Waals surface area (Å²) in [6.07, 6.45) is 2.56. The van der Waals surface area contributed by atoms with E-state index in [1.807, 2.05) is 3.75 Å². The Hall–Kier alpha value is -0.187. The van der Waals surface area contributed by atoms with Crippen LogP contribution >= 0.6 is 0 Å². The predicted molar refractivity (Wildman–Crippen MR) is 103 cm³/mol. The Kier molecular flexibility index (Phi) is 5.85. The van der Waals surface area contributed by atoms with Gasteiger partial charge in [-0.05, 0) is 0 Å². The summed E-state index contributed by atoms with van der Waals surface area (Å²) in [5, 5.41) is 0. The fourth-order valence-electron chi connectivity index (χ4n) is 3.69. The fourth-order valence-corrected chi connectivity index (χ4v) is 25.2. The molecule has 0 radical (unpaired) electrons. The van der Waals surface area contributed by atoms with E-state index in [1.165, 1.54) is 5.56 Å². The number of hydrogen-bond acceptors (Lipinski definition) is 0. The molecule has 0 atom stereocenters. The molecule has 0 aliphatic heterocycles. The summed E-state index contributed by atoms with van der Waals surface area (Å²) in [5.41, 5.74) is 1.39. The van der Waals surface area contributed by atoms with Crippen LogP contribution in [-0.4, -0.2) is 24.3 Å². The summed E-state index contributed by atoms with van der Waals surface area (Å²) in [4.78, 5) is 0. The van der Waals surface area contributed by atoms with E-state index in [4.69, 9.17) is 0 Å². The van der Waals surface area contributed by atoms with E-state index < -0.39 is 24.3 Å². The average molecular weight is 359 g/mol. The van der Waals surface area contributed by atoms with Gasteiger partial charge in [0.1, 0.15) is 0 Å². The van der Waals surface area contributed by atoms with Gasteiger partial charge >= 0.3 is 139 Å². The molecule has 0 amide bonds. The van der Waals surface area contributed by atoms with Crippen molar-refractivity contribution in [3.8, 4) is 0 Å². The Bertz CT molecular complexity index is 467. The summed E-state index contributed by atoms with van der Waals surface area (Å²) in [6, 6.07) is 10.9. The first-order valence-electron chi connectivity index (χ1n) is 8.10. The van der Waals surface area contributed by atoms with Gasteiger partial charge in [-0.1, -0.05) is 0 Å². The molecular formula is C19H33GaSi. The standard InChI is InChI=1S/C11H15Si.2C4H9.Ga/c1-12(2,3)10-9-11-7-5-4-6-8-11;2*1-4(2)3;/h4-9H,1-3H3;2*1-3H3;. The SMILES string of the molecule is C[C](C)(C)[Ga](/[C](=C\c1ccccc1)[Si](C)(C)C)[C](C)(C)C. The maximum absolute atomic E-state index is 2.56. The van der Waals surface area contributed by atoms with Crippen molar-refractivity contribution in [2.24, 2.45) is 0 Å². The van der Waals surface area contributed by atoms with E-state index in [2.05, 4.69) is 97.6 Å². The van der Waals surface area contributed by atoms with Gasteiger partial charge in [0.25, 0.3) is 0 Å². The van der Waals surface area contributed by atoms with Gasteiger partial charge in [0.15, 0.2) is 0 Å². The van der Waals surface area contributed by atoms with Crippen LogP contribution in [0.5, 0.6) is 0 Å². The Morgan fingerprint density at radius 2 is 1.29 bits per heavy atom. The zero-order valence-corrected chi connectivity index (χ0v) is 19.0. The van der Waals surface area contributed by atoms with Crippen LogP contribution in [-0.2, 0) is 0 Å². The van der Waals surface area contributed by atoms with Crippen molar-refractivity contribution in [1.82, 2.24) is 0 Å². The van der Waals surface area contributed by atoms with Crippen LogP contribution in [0.2, 0.25) is 27.6 Å². The van der Waals surface area contributed by atoms with Crippen molar-refractivity contribution in [1.29, 1.82) is 0 Å². The first-order valence-corrected chi connectivity index (χ1v) is 15.2. The molecule has 2 heteroatoms. The van der Waals surface area contributed by atoms with E-state index >= 15 is 0 Å². The minimum absolute atomic E-state index is 0.464. The van der Waals surface area contributed by atoms with Crippen LogP contribution in [0.3, 0.4) is 0 Å². The number of rotatable bonds is 3. The van der Waals surface area contributed by atoms with Gasteiger partial charge in [-0.2, -0.15) is 0 Å². The summed E-state index contributed by atoms with van der Waals surface area (Å²) < 4.78 is 2.80. The maximum atomic E-state index is 2.56. The number of benzene rings is 1. The number of hydrogen-bond donors (Lipinski definition) is 0. The third-order valence-electron chi connectivity index (χ3n) is 4.03. The van der Waals surface area contributed by atoms with Crippen molar-refractivity contribution in [3.63, 3.8) is 0 Å². The van der Waals surface area contributed by atoms with Gasteiger partial charge in [0.05, 0.1) is 0 Å². The monoisotopic (exact) mass is 358 g/mol. The van der Waals surface area contributed by atoms with Crippen molar-refractivity contribution < 1.29 is 0 Å². The minimum atomic E-state index is -1.69. The van der Waals surface area contributed by atoms with Crippen molar-refractivity contribution >= 4 is 30.4 Å². The van der Waals surface area contributed by atoms with Crippen LogP contribution in [0.25, 0.3) is 6.08 Å². The van der Waals surface area contributed by atoms with E-state index in [-0.39, 0.29) is 0 Å². The fraction of sp³-hybridized carbons (Fsp3) is 0.579. The normalized spacial score (nSPS) is 14.2. The zero-order valence-electron chi connectivity index (χ0n) is 15.5. The Morgan fingerprint density at radius 3 is 1.62 bits per heavy atom. The molecule has 1 aromatic rings. The molecule has 0 heterocycles. The zero-order chi connectivity index (χ0) is 16.5. The van der Waals surface area contributed by atoms with Gasteiger partial charge < -0.3 is 0 Å². The molecule has 0 saturated heterocycles. The third-order valence-corrected chi connectivity index (χ3v) is 21.8. The van der Waals surface area contributed by atoms with Crippen LogP contribution in [0.1, 0.15) is 47.1 Å². The summed E-state index contributed by atoms with van der Waals surface area (Å²) in [6.45, 7) is 22.4. The first kappa shape index (κ1) is 18.9. The summed E-state index contributed by atoms with van der Waals surface area (Å²) in [7, 11) is -1.31. The van der Waals surface area contributed by atoms with Crippen molar-refractivity contribution in [2.45, 2.75) is 69.1 Å². The van der Waals surface area contributed by atoms with Gasteiger partial charge in [0.2, 0.25) is 0 Å². The molecule has 116 valence electrons. The van der Waals surface area contributed by atoms with E-state index in [0.717, 1.165) is 0 Å². The second-order valence-corrected chi connectivity index (χ2v) is 26.1. The second-order valence-electron chi connectivity index (χ2n) is 9.43. The van der Waals surface area contributed by atoms with Gasteiger partial charge in [0, 0.05) is 0 Å². The van der Waals surface area contributed by atoms with E-state index in [1.54, 1.807) is 0 Å². The Morgan fingerprint density at radius 1 is 0.857 bits per heavy atom. The molecule has 1 rings (SSSR count). The molecule has 0 aromatic heterocycles. The molecule has 1 aromatic carbocycles. The second kappa shape index (κ2) is 6.51. The quantitative estimate of drug-likeness (QED) is 0.535. The molecule has 0 nitrogen and oxygen atoms in total. The first-order chi connectivity index (χ1) is 9.33. The van der Waals surface area contributed by atoms with Gasteiger partial charge in [-0.3, -0.25) is 0 Å². The molecule has 0 aliphatic rings. The molecule has 0 unspecified atom stereocenters.